The summed E-state index contributed by atoms with van der Waals surface area (Å²) < 4.78 is 0. The van der Waals surface area contributed by atoms with Crippen molar-refractivity contribution in [3.8, 4) is 0 Å². The van der Waals surface area contributed by atoms with E-state index in [0.717, 1.165) is 11.3 Å². The lowest BCUT2D eigenvalue weighted by atomic mass is 10.1. The van der Waals surface area contributed by atoms with Gasteiger partial charge in [-0.15, -0.1) is 0 Å². The van der Waals surface area contributed by atoms with Crippen LogP contribution in [0.2, 0.25) is 10.0 Å². The lowest BCUT2D eigenvalue weighted by molar-refractivity contribution is 0.784. The van der Waals surface area contributed by atoms with Crippen LogP contribution in [0.15, 0.2) is 29.1 Å². The average molecular weight is 297 g/mol. The van der Waals surface area contributed by atoms with E-state index in [4.69, 9.17) is 23.2 Å². The molecule has 0 atom stereocenters. The first-order chi connectivity index (χ1) is 8.95. The predicted octanol–water partition coefficient (Wildman–Crippen LogP) is 3.79. The molecule has 1 aromatic heterocycles. The van der Waals surface area contributed by atoms with Gasteiger partial charge >= 0.3 is 0 Å². The Balaban J connectivity index is 2.32. The van der Waals surface area contributed by atoms with Gasteiger partial charge < -0.3 is 4.98 Å². The molecule has 1 heterocycles. The zero-order valence-corrected chi connectivity index (χ0v) is 12.2. The molecule has 0 unspecified atom stereocenters. The highest BCUT2D eigenvalue weighted by atomic mass is 35.5. The van der Waals surface area contributed by atoms with Crippen LogP contribution in [0.25, 0.3) is 0 Å². The van der Waals surface area contributed by atoms with Gasteiger partial charge in [-0.2, -0.15) is 0 Å². The molecular weight excluding hydrogens is 283 g/mol. The van der Waals surface area contributed by atoms with E-state index in [-0.39, 0.29) is 11.5 Å². The second-order valence-corrected chi connectivity index (χ2v) is 5.51. The molecule has 1 N–H and O–H groups in total. The second-order valence-electron chi connectivity index (χ2n) is 4.70. The standard InChI is InChI=1S/C14H14Cl2N2O/c1-8(2)12-7-14(19)18-13(17-12)6-9-3-4-10(15)11(16)5-9/h3-5,7-8H,6H2,1-2H3,(H,17,18,19). The Bertz CT molecular complexity index is 650. The van der Waals surface area contributed by atoms with Crippen molar-refractivity contribution < 1.29 is 0 Å². The molecule has 0 aliphatic carbocycles. The lowest BCUT2D eigenvalue weighted by Gasteiger charge is -2.07. The Labute approximate surface area is 121 Å². The summed E-state index contributed by atoms with van der Waals surface area (Å²) >= 11 is 11.8. The topological polar surface area (TPSA) is 45.8 Å². The number of H-pyrrole nitrogens is 1. The molecule has 0 spiro atoms. The molecule has 0 aliphatic rings. The molecule has 0 amide bonds. The fraction of sp³-hybridized carbons (Fsp3) is 0.286. The third-order valence-corrected chi connectivity index (χ3v) is 3.50. The van der Waals surface area contributed by atoms with E-state index in [9.17, 15) is 4.79 Å². The fourth-order valence-corrected chi connectivity index (χ4v) is 2.07. The maximum Gasteiger partial charge on any atom is 0.251 e. The minimum absolute atomic E-state index is 0.131. The molecular formula is C14H14Cl2N2O. The van der Waals surface area contributed by atoms with Crippen molar-refractivity contribution in [3.63, 3.8) is 0 Å². The number of hydrogen-bond donors (Lipinski definition) is 1. The van der Waals surface area contributed by atoms with E-state index in [1.54, 1.807) is 12.1 Å². The maximum atomic E-state index is 11.6. The van der Waals surface area contributed by atoms with Crippen LogP contribution in [0.1, 0.15) is 36.8 Å². The third-order valence-electron chi connectivity index (χ3n) is 2.76. The van der Waals surface area contributed by atoms with Crippen molar-refractivity contribution in [3.05, 3.63) is 61.7 Å². The summed E-state index contributed by atoms with van der Waals surface area (Å²) in [4.78, 5) is 18.8. The third kappa shape index (κ3) is 3.58. The highest BCUT2D eigenvalue weighted by Crippen LogP contribution is 2.23. The Morgan fingerprint density at radius 1 is 1.21 bits per heavy atom. The van der Waals surface area contributed by atoms with E-state index in [1.807, 2.05) is 19.9 Å². The molecule has 0 aliphatic heterocycles. The van der Waals surface area contributed by atoms with Crippen LogP contribution in [0, 0.1) is 0 Å². The number of aromatic nitrogens is 2. The van der Waals surface area contributed by atoms with E-state index in [2.05, 4.69) is 9.97 Å². The molecule has 2 aromatic rings. The van der Waals surface area contributed by atoms with Gasteiger partial charge in [-0.05, 0) is 23.6 Å². The number of nitrogens with zero attached hydrogens (tertiary/aromatic N) is 1. The highest BCUT2D eigenvalue weighted by Gasteiger charge is 2.07. The van der Waals surface area contributed by atoms with Crippen molar-refractivity contribution in [1.29, 1.82) is 0 Å². The Morgan fingerprint density at radius 3 is 2.58 bits per heavy atom. The summed E-state index contributed by atoms with van der Waals surface area (Å²) in [6, 6.07) is 6.93. The summed E-state index contributed by atoms with van der Waals surface area (Å²) in [7, 11) is 0. The first-order valence-electron chi connectivity index (χ1n) is 6.00. The number of aromatic amines is 1. The molecule has 5 heteroatoms. The van der Waals surface area contributed by atoms with E-state index >= 15 is 0 Å². The van der Waals surface area contributed by atoms with Gasteiger partial charge in [0.05, 0.1) is 15.7 Å². The summed E-state index contributed by atoms with van der Waals surface area (Å²) in [6.07, 6.45) is 0.521. The normalized spacial score (nSPS) is 11.0. The molecule has 0 bridgehead atoms. The molecule has 3 nitrogen and oxygen atoms in total. The number of rotatable bonds is 3. The quantitative estimate of drug-likeness (QED) is 0.936. The van der Waals surface area contributed by atoms with Crippen molar-refractivity contribution >= 4 is 23.2 Å². The first kappa shape index (κ1) is 14.1. The van der Waals surface area contributed by atoms with Crippen molar-refractivity contribution in [1.82, 2.24) is 9.97 Å². The second kappa shape index (κ2) is 5.76. The fourth-order valence-electron chi connectivity index (χ4n) is 1.75. The Kier molecular flexibility index (Phi) is 4.27. The molecule has 0 fully saturated rings. The van der Waals surface area contributed by atoms with E-state index < -0.39 is 0 Å². The van der Waals surface area contributed by atoms with Crippen molar-refractivity contribution in [2.24, 2.45) is 0 Å². The number of hydrogen-bond acceptors (Lipinski definition) is 2. The minimum Gasteiger partial charge on any atom is -0.310 e. The number of nitrogens with one attached hydrogen (secondary N) is 1. The van der Waals surface area contributed by atoms with Crippen LogP contribution < -0.4 is 5.56 Å². The van der Waals surface area contributed by atoms with Gasteiger partial charge in [0, 0.05) is 12.5 Å². The zero-order valence-electron chi connectivity index (χ0n) is 10.7. The summed E-state index contributed by atoms with van der Waals surface area (Å²) in [6.45, 7) is 4.01. The van der Waals surface area contributed by atoms with Crippen LogP contribution in [0.3, 0.4) is 0 Å². The summed E-state index contributed by atoms with van der Waals surface area (Å²) in [5.41, 5.74) is 1.62. The monoisotopic (exact) mass is 296 g/mol. The van der Waals surface area contributed by atoms with Gasteiger partial charge in [-0.3, -0.25) is 4.79 Å². The van der Waals surface area contributed by atoms with Gasteiger partial charge in [0.25, 0.3) is 5.56 Å². The van der Waals surface area contributed by atoms with E-state index in [0.29, 0.717) is 22.3 Å². The Morgan fingerprint density at radius 2 is 1.95 bits per heavy atom. The molecule has 100 valence electrons. The van der Waals surface area contributed by atoms with Gasteiger partial charge in [-0.25, -0.2) is 4.98 Å². The number of benzene rings is 1. The molecule has 0 saturated heterocycles. The Hall–Kier alpha value is -1.32. The molecule has 19 heavy (non-hydrogen) atoms. The molecule has 0 saturated carbocycles. The summed E-state index contributed by atoms with van der Waals surface area (Å²) in [5, 5.41) is 1.02. The molecule has 2 rings (SSSR count). The van der Waals surface area contributed by atoms with Gasteiger partial charge in [0.2, 0.25) is 0 Å². The largest absolute Gasteiger partial charge is 0.310 e. The van der Waals surface area contributed by atoms with E-state index in [1.165, 1.54) is 6.07 Å². The highest BCUT2D eigenvalue weighted by molar-refractivity contribution is 6.42. The van der Waals surface area contributed by atoms with Crippen LogP contribution in [0.4, 0.5) is 0 Å². The van der Waals surface area contributed by atoms with Crippen LogP contribution in [-0.2, 0) is 6.42 Å². The first-order valence-corrected chi connectivity index (χ1v) is 6.75. The predicted molar refractivity (Wildman–Crippen MR) is 78.2 cm³/mol. The van der Waals surface area contributed by atoms with Crippen LogP contribution in [0.5, 0.6) is 0 Å². The van der Waals surface area contributed by atoms with Gasteiger partial charge in [-0.1, -0.05) is 43.1 Å². The molecule has 1 aromatic carbocycles. The minimum atomic E-state index is -0.131. The van der Waals surface area contributed by atoms with Gasteiger partial charge in [0.15, 0.2) is 0 Å². The van der Waals surface area contributed by atoms with Crippen LogP contribution in [-0.4, -0.2) is 9.97 Å². The smallest absolute Gasteiger partial charge is 0.251 e. The maximum absolute atomic E-state index is 11.6. The van der Waals surface area contributed by atoms with Gasteiger partial charge in [0.1, 0.15) is 5.82 Å². The van der Waals surface area contributed by atoms with Crippen LogP contribution >= 0.6 is 23.2 Å². The summed E-state index contributed by atoms with van der Waals surface area (Å²) in [5.74, 6) is 0.851. The number of halogens is 2. The van der Waals surface area contributed by atoms with Crippen molar-refractivity contribution in [2.75, 3.05) is 0 Å². The zero-order chi connectivity index (χ0) is 14.0. The van der Waals surface area contributed by atoms with Crippen molar-refractivity contribution in [2.45, 2.75) is 26.2 Å². The lowest BCUT2D eigenvalue weighted by Crippen LogP contribution is -2.13. The average Bonchev–Trinajstić information content (AvgIpc) is 2.33. The molecule has 0 radical (unpaired) electrons. The SMILES string of the molecule is CC(C)c1cc(=O)[nH]c(Cc2ccc(Cl)c(Cl)c2)n1.